The zero-order valence-electron chi connectivity index (χ0n) is 10.3. The van der Waals surface area contributed by atoms with Crippen LogP contribution in [0.2, 0.25) is 0 Å². The van der Waals surface area contributed by atoms with Crippen LogP contribution in [0.5, 0.6) is 0 Å². The minimum absolute atomic E-state index is 0.247. The van der Waals surface area contributed by atoms with Gasteiger partial charge < -0.3 is 4.40 Å². The predicted molar refractivity (Wildman–Crippen MR) is 70.4 cm³/mol. The van der Waals surface area contributed by atoms with Gasteiger partial charge in [0.05, 0.1) is 22.7 Å². The Balaban J connectivity index is 2.01. The molecule has 4 nitrogen and oxygen atoms in total. The molecule has 1 aliphatic rings. The number of hydrogen-bond acceptors (Lipinski definition) is 3. The molecule has 2 aromatic rings. The monoisotopic (exact) mass is 264 g/mol. The molecule has 0 spiro atoms. The predicted octanol–water partition coefficient (Wildman–Crippen LogP) is 1.76. The van der Waals surface area contributed by atoms with E-state index in [9.17, 15) is 8.42 Å². The fourth-order valence-electron chi connectivity index (χ4n) is 2.73. The summed E-state index contributed by atoms with van der Waals surface area (Å²) < 4.78 is 25.8. The summed E-state index contributed by atoms with van der Waals surface area (Å²) in [6, 6.07) is 6.00. The van der Waals surface area contributed by atoms with E-state index in [1.165, 1.54) is 0 Å². The molecule has 1 unspecified atom stereocenters. The zero-order valence-corrected chi connectivity index (χ0v) is 11.2. The Labute approximate surface area is 107 Å². The van der Waals surface area contributed by atoms with Gasteiger partial charge in [0.1, 0.15) is 5.82 Å². The van der Waals surface area contributed by atoms with Crippen LogP contribution in [-0.4, -0.2) is 28.8 Å². The van der Waals surface area contributed by atoms with Crippen molar-refractivity contribution in [2.45, 2.75) is 31.4 Å². The number of rotatable bonds is 2. The van der Waals surface area contributed by atoms with Crippen LogP contribution in [0, 0.1) is 6.92 Å². The van der Waals surface area contributed by atoms with Gasteiger partial charge in [-0.3, -0.25) is 0 Å². The first-order chi connectivity index (χ1) is 8.58. The fourth-order valence-corrected chi connectivity index (χ4v) is 4.56. The van der Waals surface area contributed by atoms with Crippen molar-refractivity contribution < 1.29 is 8.42 Å². The van der Waals surface area contributed by atoms with E-state index in [0.717, 1.165) is 29.9 Å². The molecule has 5 heteroatoms. The number of aryl methyl sites for hydroxylation is 1. The van der Waals surface area contributed by atoms with Gasteiger partial charge in [0.25, 0.3) is 0 Å². The second-order valence-electron chi connectivity index (χ2n) is 4.94. The van der Waals surface area contributed by atoms with Gasteiger partial charge in [-0.1, -0.05) is 6.07 Å². The van der Waals surface area contributed by atoms with Gasteiger partial charge in [-0.25, -0.2) is 13.4 Å². The molecule has 3 heterocycles. The lowest BCUT2D eigenvalue weighted by Crippen LogP contribution is -2.20. The number of fused-ring (bicyclic) bond motifs is 1. The Bertz CT molecular complexity index is 688. The lowest BCUT2D eigenvalue weighted by atomic mass is 10.2. The summed E-state index contributed by atoms with van der Waals surface area (Å²) in [6.45, 7) is 2.02. The van der Waals surface area contributed by atoms with Crippen LogP contribution in [0.4, 0.5) is 0 Å². The quantitative estimate of drug-likeness (QED) is 0.830. The van der Waals surface area contributed by atoms with E-state index < -0.39 is 9.84 Å². The van der Waals surface area contributed by atoms with Crippen molar-refractivity contribution in [3.05, 3.63) is 35.9 Å². The van der Waals surface area contributed by atoms with Crippen LogP contribution in [-0.2, 0) is 16.3 Å². The van der Waals surface area contributed by atoms with Gasteiger partial charge in [0.2, 0.25) is 0 Å². The third-order valence-electron chi connectivity index (χ3n) is 3.69. The first-order valence-corrected chi connectivity index (χ1v) is 7.93. The third-order valence-corrected chi connectivity index (χ3v) is 5.97. The highest BCUT2D eigenvalue weighted by atomic mass is 32.2. The zero-order chi connectivity index (χ0) is 12.8. The number of hydrogen-bond donors (Lipinski definition) is 0. The number of imidazole rings is 1. The summed E-state index contributed by atoms with van der Waals surface area (Å²) in [7, 11) is -2.90. The highest BCUT2D eigenvalue weighted by Crippen LogP contribution is 2.24. The molecule has 0 aromatic carbocycles. The smallest absolute Gasteiger partial charge is 0.153 e. The molecule has 1 saturated heterocycles. The number of nitrogens with zero attached hydrogens (tertiary/aromatic N) is 2. The minimum atomic E-state index is -2.90. The summed E-state index contributed by atoms with van der Waals surface area (Å²) in [5.74, 6) is 1.19. The van der Waals surface area contributed by atoms with Gasteiger partial charge in [-0.05, 0) is 31.9 Å². The van der Waals surface area contributed by atoms with E-state index >= 15 is 0 Å². The average molecular weight is 264 g/mol. The first-order valence-electron chi connectivity index (χ1n) is 6.21. The maximum absolute atomic E-state index is 11.9. The highest BCUT2D eigenvalue weighted by molar-refractivity contribution is 7.92. The largest absolute Gasteiger partial charge is 0.301 e. The van der Waals surface area contributed by atoms with Crippen LogP contribution in [0.1, 0.15) is 24.4 Å². The summed E-state index contributed by atoms with van der Waals surface area (Å²) in [5.41, 5.74) is 2.12. The molecule has 96 valence electrons. The van der Waals surface area contributed by atoms with Gasteiger partial charge >= 0.3 is 0 Å². The second-order valence-corrected chi connectivity index (χ2v) is 7.34. The van der Waals surface area contributed by atoms with Gasteiger partial charge in [0, 0.05) is 12.1 Å². The van der Waals surface area contributed by atoms with Crippen molar-refractivity contribution >= 4 is 15.4 Å². The average Bonchev–Trinajstić information content (AvgIpc) is 2.85. The minimum Gasteiger partial charge on any atom is -0.301 e. The Hall–Kier alpha value is -1.36. The molecule has 1 aliphatic heterocycles. The molecule has 0 saturated carbocycles. The van der Waals surface area contributed by atoms with Gasteiger partial charge in [0.15, 0.2) is 9.84 Å². The van der Waals surface area contributed by atoms with E-state index in [2.05, 4.69) is 4.98 Å². The highest BCUT2D eigenvalue weighted by Gasteiger charge is 2.32. The normalized spacial score (nSPS) is 22.6. The summed E-state index contributed by atoms with van der Waals surface area (Å²) in [4.78, 5) is 4.38. The standard InChI is InChI=1S/C13H16N2O2S/c1-10-4-2-5-11-9-14-13(15(10)11)8-12-6-3-7-18(12,16)17/h2,4-5,9,12H,3,6-8H2,1H3. The topological polar surface area (TPSA) is 51.4 Å². The van der Waals surface area contributed by atoms with Crippen molar-refractivity contribution in [3.8, 4) is 0 Å². The Morgan fingerprint density at radius 3 is 3.00 bits per heavy atom. The van der Waals surface area contributed by atoms with E-state index in [1.54, 1.807) is 0 Å². The Morgan fingerprint density at radius 1 is 1.44 bits per heavy atom. The molecule has 1 atom stereocenters. The molecular formula is C13H16N2O2S. The second kappa shape index (κ2) is 4.09. The number of pyridine rings is 1. The molecule has 1 fully saturated rings. The Kier molecular flexibility index (Phi) is 2.66. The number of aromatic nitrogens is 2. The van der Waals surface area contributed by atoms with E-state index in [-0.39, 0.29) is 5.25 Å². The molecular weight excluding hydrogens is 248 g/mol. The molecule has 18 heavy (non-hydrogen) atoms. The lowest BCUT2D eigenvalue weighted by Gasteiger charge is -2.09. The van der Waals surface area contributed by atoms with Crippen molar-refractivity contribution in [2.24, 2.45) is 0 Å². The van der Waals surface area contributed by atoms with Crippen molar-refractivity contribution in [2.75, 3.05) is 5.75 Å². The first kappa shape index (κ1) is 11.7. The summed E-state index contributed by atoms with van der Waals surface area (Å²) >= 11 is 0. The number of sulfone groups is 1. The van der Waals surface area contributed by atoms with E-state index in [4.69, 9.17) is 0 Å². The molecule has 3 rings (SSSR count). The SMILES string of the molecule is Cc1cccc2cnc(CC3CCCS3(=O)=O)n12. The van der Waals surface area contributed by atoms with Crippen molar-refractivity contribution in [1.82, 2.24) is 9.38 Å². The van der Waals surface area contributed by atoms with E-state index in [1.807, 2.05) is 35.7 Å². The van der Waals surface area contributed by atoms with E-state index in [0.29, 0.717) is 12.2 Å². The molecule has 0 radical (unpaired) electrons. The maximum Gasteiger partial charge on any atom is 0.153 e. The Morgan fingerprint density at radius 2 is 2.28 bits per heavy atom. The molecule has 2 aromatic heterocycles. The molecule has 0 amide bonds. The lowest BCUT2D eigenvalue weighted by molar-refractivity contribution is 0.585. The van der Waals surface area contributed by atoms with Crippen molar-refractivity contribution in [3.63, 3.8) is 0 Å². The fraction of sp³-hybridized carbons (Fsp3) is 0.462. The van der Waals surface area contributed by atoms with Gasteiger partial charge in [-0.15, -0.1) is 0 Å². The molecule has 0 bridgehead atoms. The summed E-state index contributed by atoms with van der Waals surface area (Å²) in [6.07, 6.45) is 3.89. The van der Waals surface area contributed by atoms with Crippen LogP contribution >= 0.6 is 0 Å². The third kappa shape index (κ3) is 1.82. The molecule has 0 N–H and O–H groups in total. The summed E-state index contributed by atoms with van der Waals surface area (Å²) in [5, 5.41) is -0.247. The van der Waals surface area contributed by atoms with Gasteiger partial charge in [-0.2, -0.15) is 0 Å². The van der Waals surface area contributed by atoms with Crippen molar-refractivity contribution in [1.29, 1.82) is 0 Å². The van der Waals surface area contributed by atoms with Crippen LogP contribution in [0.15, 0.2) is 24.4 Å². The van der Waals surface area contributed by atoms with Crippen LogP contribution in [0.3, 0.4) is 0 Å². The van der Waals surface area contributed by atoms with Crippen LogP contribution in [0.25, 0.3) is 5.52 Å². The molecule has 0 aliphatic carbocycles. The maximum atomic E-state index is 11.9. The van der Waals surface area contributed by atoms with Crippen LogP contribution < -0.4 is 0 Å².